The highest BCUT2D eigenvalue weighted by Crippen LogP contribution is 2.41. The van der Waals surface area contributed by atoms with Crippen molar-refractivity contribution in [1.29, 1.82) is 0 Å². The number of benzene rings is 1. The lowest BCUT2D eigenvalue weighted by molar-refractivity contribution is -0.223. The summed E-state index contributed by atoms with van der Waals surface area (Å²) in [6.45, 7) is 1.92. The van der Waals surface area contributed by atoms with E-state index in [9.17, 15) is 26.3 Å². The van der Waals surface area contributed by atoms with Crippen molar-refractivity contribution in [2.24, 2.45) is 17.8 Å². The Labute approximate surface area is 167 Å². The molecule has 1 atom stereocenters. The summed E-state index contributed by atoms with van der Waals surface area (Å²) in [5.74, 6) is -3.65. The van der Waals surface area contributed by atoms with Crippen molar-refractivity contribution in [2.75, 3.05) is 13.7 Å². The second-order valence-electron chi connectivity index (χ2n) is 7.77. The van der Waals surface area contributed by atoms with E-state index in [0.717, 1.165) is 24.6 Å². The first kappa shape index (κ1) is 23.8. The zero-order valence-electron chi connectivity index (χ0n) is 16.7. The van der Waals surface area contributed by atoms with Crippen LogP contribution in [0.3, 0.4) is 0 Å². The number of alkyl halides is 5. The zero-order valence-corrected chi connectivity index (χ0v) is 16.7. The molecule has 2 nitrogen and oxygen atoms in total. The van der Waals surface area contributed by atoms with Crippen LogP contribution in [0.4, 0.5) is 26.3 Å². The summed E-state index contributed by atoms with van der Waals surface area (Å²) in [5.41, 5.74) is -0.192. The molecule has 0 spiro atoms. The molecule has 0 radical (unpaired) electrons. The number of ether oxygens (including phenoxy) is 2. The summed E-state index contributed by atoms with van der Waals surface area (Å²) < 4.78 is 92.0. The minimum atomic E-state index is -4.51. The van der Waals surface area contributed by atoms with Gasteiger partial charge in [0, 0.05) is 19.8 Å². The monoisotopic (exact) mass is 426 g/mol. The van der Waals surface area contributed by atoms with Crippen LogP contribution in [0.15, 0.2) is 18.2 Å². The van der Waals surface area contributed by atoms with E-state index in [1.54, 1.807) is 0 Å². The molecular formula is C21H28F6O2. The first-order valence-corrected chi connectivity index (χ1v) is 9.97. The van der Waals surface area contributed by atoms with Crippen LogP contribution >= 0.6 is 0 Å². The molecule has 1 aromatic carbocycles. The van der Waals surface area contributed by atoms with Crippen LogP contribution in [0.5, 0.6) is 5.75 Å². The fourth-order valence-electron chi connectivity index (χ4n) is 3.81. The quantitative estimate of drug-likeness (QED) is 0.406. The molecule has 0 bridgehead atoms. The minimum absolute atomic E-state index is 0.112. The lowest BCUT2D eigenvalue weighted by Gasteiger charge is -2.33. The van der Waals surface area contributed by atoms with Crippen LogP contribution in [-0.2, 0) is 11.2 Å². The van der Waals surface area contributed by atoms with Crippen molar-refractivity contribution in [3.05, 3.63) is 29.6 Å². The largest absolute Gasteiger partial charge is 0.432 e. The van der Waals surface area contributed by atoms with Gasteiger partial charge < -0.3 is 9.47 Å². The lowest BCUT2D eigenvalue weighted by atomic mass is 9.80. The van der Waals surface area contributed by atoms with Gasteiger partial charge in [-0.25, -0.2) is 4.39 Å². The Morgan fingerprint density at radius 2 is 1.72 bits per heavy atom. The molecule has 1 aliphatic rings. The molecule has 1 unspecified atom stereocenters. The maximum atomic E-state index is 14.5. The smallest absolute Gasteiger partial charge is 0.400 e. The summed E-state index contributed by atoms with van der Waals surface area (Å²) >= 11 is 0. The van der Waals surface area contributed by atoms with E-state index >= 15 is 0 Å². The maximum Gasteiger partial charge on any atom is 0.400 e. The molecule has 29 heavy (non-hydrogen) atoms. The Hall–Kier alpha value is -1.44. The van der Waals surface area contributed by atoms with Gasteiger partial charge in [-0.2, -0.15) is 22.0 Å². The molecule has 0 N–H and O–H groups in total. The third-order valence-electron chi connectivity index (χ3n) is 5.78. The second-order valence-corrected chi connectivity index (χ2v) is 7.77. The molecule has 1 fully saturated rings. The Bertz CT molecular complexity index is 639. The van der Waals surface area contributed by atoms with E-state index in [1.807, 2.05) is 6.92 Å². The van der Waals surface area contributed by atoms with Gasteiger partial charge in [-0.3, -0.25) is 0 Å². The van der Waals surface area contributed by atoms with Gasteiger partial charge in [0.15, 0.2) is 0 Å². The first-order chi connectivity index (χ1) is 13.6. The second kappa shape index (κ2) is 10.0. The van der Waals surface area contributed by atoms with Gasteiger partial charge in [-0.05, 0) is 56.1 Å². The molecule has 2 rings (SSSR count). The van der Waals surface area contributed by atoms with Crippen molar-refractivity contribution in [1.82, 2.24) is 0 Å². The number of methoxy groups -OCH3 is 1. The molecule has 166 valence electrons. The van der Waals surface area contributed by atoms with Crippen molar-refractivity contribution < 1.29 is 35.8 Å². The Balaban J connectivity index is 2.04. The van der Waals surface area contributed by atoms with Gasteiger partial charge >= 0.3 is 12.3 Å². The molecule has 8 heteroatoms. The fourth-order valence-corrected chi connectivity index (χ4v) is 3.81. The van der Waals surface area contributed by atoms with Gasteiger partial charge in [0.1, 0.15) is 11.6 Å². The van der Waals surface area contributed by atoms with Crippen molar-refractivity contribution >= 4 is 0 Å². The normalized spacial score (nSPS) is 21.8. The topological polar surface area (TPSA) is 18.5 Å². The molecule has 0 amide bonds. The van der Waals surface area contributed by atoms with E-state index in [1.165, 1.54) is 7.11 Å². The molecule has 0 aliphatic heterocycles. The van der Waals surface area contributed by atoms with Crippen molar-refractivity contribution in [2.45, 2.75) is 64.2 Å². The van der Waals surface area contributed by atoms with Crippen LogP contribution in [0.25, 0.3) is 0 Å². The fraction of sp³-hybridized carbons (Fsp3) is 0.714. The number of halogens is 6. The van der Waals surface area contributed by atoms with Crippen LogP contribution in [0, 0.1) is 23.6 Å². The average molecular weight is 426 g/mol. The highest BCUT2D eigenvalue weighted by atomic mass is 19.4. The maximum absolute atomic E-state index is 14.5. The van der Waals surface area contributed by atoms with Gasteiger partial charge in [-0.15, -0.1) is 0 Å². The van der Waals surface area contributed by atoms with E-state index in [0.29, 0.717) is 31.6 Å². The third kappa shape index (κ3) is 6.79. The summed E-state index contributed by atoms with van der Waals surface area (Å²) in [7, 11) is 1.29. The Morgan fingerprint density at radius 1 is 1.07 bits per heavy atom. The molecule has 1 saturated carbocycles. The summed E-state index contributed by atoms with van der Waals surface area (Å²) in [5, 5.41) is 0. The number of rotatable bonds is 9. The molecule has 1 aliphatic carbocycles. The Kier molecular flexibility index (Phi) is 8.26. The van der Waals surface area contributed by atoms with E-state index in [2.05, 4.69) is 4.74 Å². The van der Waals surface area contributed by atoms with E-state index in [-0.39, 0.29) is 24.3 Å². The first-order valence-electron chi connectivity index (χ1n) is 9.97. The van der Waals surface area contributed by atoms with Gasteiger partial charge in [0.25, 0.3) is 0 Å². The van der Waals surface area contributed by atoms with Crippen molar-refractivity contribution in [3.8, 4) is 5.75 Å². The van der Waals surface area contributed by atoms with Crippen LogP contribution in [-0.4, -0.2) is 26.0 Å². The van der Waals surface area contributed by atoms with E-state index < -0.39 is 36.4 Å². The summed E-state index contributed by atoms with van der Waals surface area (Å²) in [6.07, 6.45) is -5.83. The van der Waals surface area contributed by atoms with Gasteiger partial charge in [0.05, 0.1) is 11.8 Å². The molecule has 0 saturated heterocycles. The average Bonchev–Trinajstić information content (AvgIpc) is 2.65. The van der Waals surface area contributed by atoms with Gasteiger partial charge in [-0.1, -0.05) is 19.4 Å². The van der Waals surface area contributed by atoms with Gasteiger partial charge in [0.2, 0.25) is 0 Å². The van der Waals surface area contributed by atoms with Crippen LogP contribution in [0.2, 0.25) is 0 Å². The molecular weight excluding hydrogens is 398 g/mol. The lowest BCUT2D eigenvalue weighted by Crippen LogP contribution is -2.37. The minimum Gasteiger partial charge on any atom is -0.432 e. The summed E-state index contributed by atoms with van der Waals surface area (Å²) in [6, 6.07) is 2.93. The molecule has 0 aromatic heterocycles. The molecule has 0 heterocycles. The van der Waals surface area contributed by atoms with E-state index in [4.69, 9.17) is 4.74 Å². The Morgan fingerprint density at radius 3 is 2.24 bits per heavy atom. The standard InChI is InChI=1S/C21H28F6O2/c1-3-14-4-7-16(8-5-14)21(26,27)29-18-9-6-15(19(22)13-18)12-17(10-11-28-2)20(23,24)25/h6,9,13-14,16-17H,3-5,7-8,10-12H2,1-2H3. The third-order valence-corrected chi connectivity index (χ3v) is 5.78. The number of hydrogen-bond acceptors (Lipinski definition) is 2. The highest BCUT2D eigenvalue weighted by molar-refractivity contribution is 5.29. The predicted molar refractivity (Wildman–Crippen MR) is 97.5 cm³/mol. The number of hydrogen-bond donors (Lipinski definition) is 0. The van der Waals surface area contributed by atoms with Crippen LogP contribution in [0.1, 0.15) is 51.0 Å². The summed E-state index contributed by atoms with van der Waals surface area (Å²) in [4.78, 5) is 0. The van der Waals surface area contributed by atoms with Crippen molar-refractivity contribution in [3.63, 3.8) is 0 Å². The highest BCUT2D eigenvalue weighted by Gasteiger charge is 2.44. The zero-order chi connectivity index (χ0) is 21.7. The molecule has 1 aromatic rings. The predicted octanol–water partition coefficient (Wildman–Crippen LogP) is 6.77. The SMILES string of the molecule is CCC1CCC(C(F)(F)Oc2ccc(CC(CCOC)C(F)(F)F)c(F)c2)CC1. The van der Waals surface area contributed by atoms with Crippen LogP contribution < -0.4 is 4.74 Å².